The molecule has 0 radical (unpaired) electrons. The summed E-state index contributed by atoms with van der Waals surface area (Å²) >= 11 is 0. The van der Waals surface area contributed by atoms with Crippen molar-refractivity contribution in [1.29, 1.82) is 0 Å². The second-order valence-corrected chi connectivity index (χ2v) is 9.17. The van der Waals surface area contributed by atoms with E-state index in [4.69, 9.17) is 0 Å². The largest absolute Gasteiger partial charge is 1.00 e. The molecule has 4 heteroatoms. The fourth-order valence-electron chi connectivity index (χ4n) is 3.59. The Balaban J connectivity index is -0.000000425. The van der Waals surface area contributed by atoms with E-state index >= 15 is 0 Å². The Morgan fingerprint density at radius 2 is 1.48 bits per heavy atom. The van der Waals surface area contributed by atoms with E-state index in [0.717, 1.165) is 24.9 Å². The minimum Gasteiger partial charge on any atom is -0.459 e. The van der Waals surface area contributed by atoms with Gasteiger partial charge in [0.25, 0.3) is 0 Å². The second-order valence-electron chi connectivity index (χ2n) is 9.17. The van der Waals surface area contributed by atoms with Gasteiger partial charge >= 0.3 is 51.4 Å². The SMILES string of the molecule is CC.CC(C)CN(C)CCN1CCC(C)CC1.CCC.[CH2-]N1CCC(C#CC)CC1.[K+]. The van der Waals surface area contributed by atoms with Crippen molar-refractivity contribution in [2.45, 2.75) is 87.5 Å². The molecule has 2 aliphatic rings. The van der Waals surface area contributed by atoms with Gasteiger partial charge in [-0.05, 0) is 77.7 Å². The predicted molar refractivity (Wildman–Crippen MR) is 138 cm³/mol. The molecule has 0 atom stereocenters. The zero-order valence-corrected chi connectivity index (χ0v) is 26.4. The van der Waals surface area contributed by atoms with E-state index in [2.05, 4.69) is 75.3 Å². The van der Waals surface area contributed by atoms with Crippen LogP contribution in [0.25, 0.3) is 0 Å². The summed E-state index contributed by atoms with van der Waals surface area (Å²) in [6.07, 6.45) is 6.44. The Bertz CT molecular complexity index is 400. The second kappa shape index (κ2) is 25.7. The Hall–Kier alpha value is 1.08. The Labute approximate surface area is 240 Å². The predicted octanol–water partition coefficient (Wildman–Crippen LogP) is 3.27. The molecule has 2 fully saturated rings. The minimum atomic E-state index is 0. The third-order valence-corrected chi connectivity index (χ3v) is 5.29. The number of hydrogen-bond donors (Lipinski definition) is 0. The summed E-state index contributed by atoms with van der Waals surface area (Å²) in [6.45, 7) is 25.7. The first-order chi connectivity index (χ1) is 14.3. The van der Waals surface area contributed by atoms with Crippen molar-refractivity contribution in [1.82, 2.24) is 14.7 Å². The number of likely N-dealkylation sites (N-methyl/N-ethyl adjacent to an activating group) is 1. The van der Waals surface area contributed by atoms with Crippen molar-refractivity contribution >= 4 is 0 Å². The number of hydrogen-bond acceptors (Lipinski definition) is 3. The molecule has 31 heavy (non-hydrogen) atoms. The summed E-state index contributed by atoms with van der Waals surface area (Å²) < 4.78 is 0. The van der Waals surface area contributed by atoms with E-state index in [9.17, 15) is 0 Å². The molecule has 0 N–H and O–H groups in total. The van der Waals surface area contributed by atoms with Gasteiger partial charge in [0.15, 0.2) is 0 Å². The first-order valence-corrected chi connectivity index (χ1v) is 12.7. The van der Waals surface area contributed by atoms with E-state index in [1.165, 1.54) is 64.8 Å². The fourth-order valence-corrected chi connectivity index (χ4v) is 3.59. The van der Waals surface area contributed by atoms with Crippen molar-refractivity contribution in [2.24, 2.45) is 17.8 Å². The molecule has 0 saturated carbocycles. The van der Waals surface area contributed by atoms with Crippen LogP contribution in [0.1, 0.15) is 87.5 Å². The number of piperidine rings is 2. The molecule has 0 spiro atoms. The van der Waals surface area contributed by atoms with Crippen LogP contribution in [0.3, 0.4) is 0 Å². The molecular weight excluding hydrogens is 405 g/mol. The van der Waals surface area contributed by atoms with E-state index in [1.54, 1.807) is 0 Å². The topological polar surface area (TPSA) is 9.72 Å². The van der Waals surface area contributed by atoms with Gasteiger partial charge in [-0.3, -0.25) is 7.05 Å². The summed E-state index contributed by atoms with van der Waals surface area (Å²) in [5, 5.41) is 0. The normalized spacial score (nSPS) is 17.7. The molecule has 2 saturated heterocycles. The van der Waals surface area contributed by atoms with Crippen molar-refractivity contribution < 1.29 is 51.4 Å². The van der Waals surface area contributed by atoms with Gasteiger partial charge in [-0.1, -0.05) is 54.9 Å². The van der Waals surface area contributed by atoms with Crippen molar-refractivity contribution in [2.75, 3.05) is 52.9 Å². The molecule has 0 amide bonds. The summed E-state index contributed by atoms with van der Waals surface area (Å²) in [6, 6.07) is 0. The minimum absolute atomic E-state index is 0. The Morgan fingerprint density at radius 1 is 1.00 bits per heavy atom. The van der Waals surface area contributed by atoms with Crippen molar-refractivity contribution in [3.05, 3.63) is 7.05 Å². The number of nitrogens with zero attached hydrogens (tertiary/aromatic N) is 3. The van der Waals surface area contributed by atoms with Gasteiger partial charge in [0.2, 0.25) is 0 Å². The zero-order valence-electron chi connectivity index (χ0n) is 23.3. The van der Waals surface area contributed by atoms with Gasteiger partial charge in [0, 0.05) is 25.6 Å². The average molecular weight is 462 g/mol. The van der Waals surface area contributed by atoms with Crippen LogP contribution < -0.4 is 51.4 Å². The fraction of sp³-hybridized carbons (Fsp3) is 0.889. The van der Waals surface area contributed by atoms with Gasteiger partial charge in [-0.25, -0.2) is 0 Å². The van der Waals surface area contributed by atoms with Crippen LogP contribution in [0.2, 0.25) is 0 Å². The van der Waals surface area contributed by atoms with E-state index in [1.807, 2.05) is 20.8 Å². The quantitative estimate of drug-likeness (QED) is 0.353. The summed E-state index contributed by atoms with van der Waals surface area (Å²) in [7, 11) is 6.12. The maximum Gasteiger partial charge on any atom is 1.00 e. The third kappa shape index (κ3) is 24.0. The van der Waals surface area contributed by atoms with Crippen LogP contribution in [0.5, 0.6) is 0 Å². The van der Waals surface area contributed by atoms with E-state index in [0.29, 0.717) is 5.92 Å². The Kier molecular flexibility index (Phi) is 30.4. The van der Waals surface area contributed by atoms with Crippen molar-refractivity contribution in [3.8, 4) is 11.8 Å². The molecule has 0 unspecified atom stereocenters. The summed E-state index contributed by atoms with van der Waals surface area (Å²) in [5.74, 6) is 8.55. The van der Waals surface area contributed by atoms with Crippen LogP contribution in [-0.2, 0) is 0 Å². The molecule has 2 heterocycles. The molecule has 0 aliphatic carbocycles. The molecule has 0 aromatic carbocycles. The molecule has 2 rings (SSSR count). The van der Waals surface area contributed by atoms with Crippen LogP contribution >= 0.6 is 0 Å². The van der Waals surface area contributed by atoms with Crippen LogP contribution in [0, 0.1) is 36.6 Å². The maximum atomic E-state index is 3.88. The number of likely N-dealkylation sites (tertiary alicyclic amines) is 2. The van der Waals surface area contributed by atoms with E-state index < -0.39 is 0 Å². The molecule has 0 aromatic heterocycles. The zero-order chi connectivity index (χ0) is 23.4. The molecule has 0 aromatic rings. The maximum absolute atomic E-state index is 3.88. The van der Waals surface area contributed by atoms with Gasteiger partial charge in [0.05, 0.1) is 0 Å². The van der Waals surface area contributed by atoms with Crippen LogP contribution in [0.15, 0.2) is 0 Å². The van der Waals surface area contributed by atoms with Gasteiger partial charge in [-0.15, -0.1) is 11.8 Å². The monoisotopic (exact) mass is 461 g/mol. The smallest absolute Gasteiger partial charge is 0.459 e. The average Bonchev–Trinajstić information content (AvgIpc) is 2.72. The standard InChI is InChI=1S/C13H28N2.C9H14N.C3H8.C2H6.K/c1-12(2)11-14(4)9-10-15-7-5-13(3)6-8-15;1-3-4-9-5-7-10(2)8-6-9;1-3-2;1-2;/h12-13H,5-11H2,1-4H3;9H,2,5-8H2,1H3;3H2,1-2H3;1-2H3;/q;-1;;;+1. The van der Waals surface area contributed by atoms with Crippen LogP contribution in [0.4, 0.5) is 0 Å². The first-order valence-electron chi connectivity index (χ1n) is 12.7. The molecule has 3 nitrogen and oxygen atoms in total. The van der Waals surface area contributed by atoms with E-state index in [-0.39, 0.29) is 51.4 Å². The molecular formula is C27H56KN3. The molecule has 0 bridgehead atoms. The molecule has 2 aliphatic heterocycles. The number of rotatable bonds is 5. The first kappa shape index (κ1) is 36.6. The van der Waals surface area contributed by atoms with Crippen LogP contribution in [-0.4, -0.2) is 67.6 Å². The molecule has 180 valence electrons. The summed E-state index contributed by atoms with van der Waals surface area (Å²) in [5.41, 5.74) is 0. The summed E-state index contributed by atoms with van der Waals surface area (Å²) in [4.78, 5) is 7.20. The van der Waals surface area contributed by atoms with Gasteiger partial charge < -0.3 is 14.7 Å². The third-order valence-electron chi connectivity index (χ3n) is 5.29. The van der Waals surface area contributed by atoms with Gasteiger partial charge in [0.1, 0.15) is 0 Å². The van der Waals surface area contributed by atoms with Gasteiger partial charge in [-0.2, -0.15) is 0 Å². The Morgan fingerprint density at radius 3 is 1.90 bits per heavy atom. The van der Waals surface area contributed by atoms with Crippen molar-refractivity contribution in [3.63, 3.8) is 0 Å².